The molecule has 2 rings (SSSR count). The molecule has 0 radical (unpaired) electrons. The number of aryl methyl sites for hydroxylation is 1. The number of rotatable bonds is 5. The van der Waals surface area contributed by atoms with Gasteiger partial charge in [-0.2, -0.15) is 0 Å². The molecule has 5 heteroatoms. The average molecular weight is 289 g/mol. The lowest BCUT2D eigenvalue weighted by atomic mass is 10.1. The summed E-state index contributed by atoms with van der Waals surface area (Å²) in [6.07, 6.45) is 0. The lowest BCUT2D eigenvalue weighted by Gasteiger charge is -2.21. The minimum atomic E-state index is -0.0355. The third-order valence-corrected chi connectivity index (χ3v) is 4.11. The van der Waals surface area contributed by atoms with Gasteiger partial charge in [-0.1, -0.05) is 24.3 Å². The number of nitrogens with zero attached hydrogens (tertiary/aromatic N) is 2. The number of amides is 1. The Morgan fingerprint density at radius 2 is 2.15 bits per heavy atom. The largest absolute Gasteiger partial charge is 0.333 e. The molecule has 0 saturated heterocycles. The summed E-state index contributed by atoms with van der Waals surface area (Å²) in [6.45, 7) is 5.68. The van der Waals surface area contributed by atoms with E-state index < -0.39 is 0 Å². The first-order valence-corrected chi connectivity index (χ1v) is 7.52. The average Bonchev–Trinajstić information content (AvgIpc) is 2.94. The molecular weight excluding hydrogens is 270 g/mol. The Morgan fingerprint density at radius 1 is 1.40 bits per heavy atom. The maximum Gasteiger partial charge on any atom is 0.273 e. The quantitative estimate of drug-likeness (QED) is 0.920. The SMILES string of the molecule is CCN(Cc1ccccc1C)C(=O)c1csc(CN)n1. The van der Waals surface area contributed by atoms with Crippen LogP contribution in [0.3, 0.4) is 0 Å². The molecule has 1 aromatic heterocycles. The fourth-order valence-corrected chi connectivity index (χ4v) is 2.63. The van der Waals surface area contributed by atoms with Gasteiger partial charge in [-0.25, -0.2) is 4.98 Å². The Labute approximate surface area is 123 Å². The summed E-state index contributed by atoms with van der Waals surface area (Å²) in [5.41, 5.74) is 8.39. The molecule has 0 atom stereocenters. The van der Waals surface area contributed by atoms with Crippen molar-refractivity contribution in [3.05, 3.63) is 51.5 Å². The van der Waals surface area contributed by atoms with E-state index in [1.165, 1.54) is 16.9 Å². The summed E-state index contributed by atoms with van der Waals surface area (Å²) in [5, 5.41) is 2.57. The standard InChI is InChI=1S/C15H19N3OS/c1-3-18(9-12-7-5-4-6-11(12)2)15(19)13-10-20-14(8-16)17-13/h4-7,10H,3,8-9,16H2,1-2H3. The normalized spacial score (nSPS) is 10.6. The lowest BCUT2D eigenvalue weighted by Crippen LogP contribution is -2.30. The van der Waals surface area contributed by atoms with Crippen molar-refractivity contribution in [3.8, 4) is 0 Å². The number of nitrogens with two attached hydrogens (primary N) is 1. The monoisotopic (exact) mass is 289 g/mol. The first-order valence-electron chi connectivity index (χ1n) is 6.64. The molecule has 1 amide bonds. The van der Waals surface area contributed by atoms with Crippen LogP contribution in [0.15, 0.2) is 29.6 Å². The molecule has 0 spiro atoms. The zero-order valence-electron chi connectivity index (χ0n) is 11.8. The Kier molecular flexibility index (Phi) is 4.87. The molecule has 20 heavy (non-hydrogen) atoms. The zero-order valence-corrected chi connectivity index (χ0v) is 12.6. The highest BCUT2D eigenvalue weighted by molar-refractivity contribution is 7.09. The minimum Gasteiger partial charge on any atom is -0.333 e. The van der Waals surface area contributed by atoms with E-state index in [-0.39, 0.29) is 5.91 Å². The van der Waals surface area contributed by atoms with Crippen LogP contribution in [0.1, 0.15) is 33.5 Å². The van der Waals surface area contributed by atoms with Crippen molar-refractivity contribution < 1.29 is 4.79 Å². The van der Waals surface area contributed by atoms with Gasteiger partial charge in [0.15, 0.2) is 0 Å². The highest BCUT2D eigenvalue weighted by Gasteiger charge is 2.18. The van der Waals surface area contributed by atoms with Crippen molar-refractivity contribution in [2.24, 2.45) is 5.73 Å². The van der Waals surface area contributed by atoms with Crippen LogP contribution in [0.2, 0.25) is 0 Å². The molecule has 106 valence electrons. The van der Waals surface area contributed by atoms with E-state index in [1.54, 1.807) is 10.3 Å². The van der Waals surface area contributed by atoms with Gasteiger partial charge in [0.2, 0.25) is 0 Å². The molecule has 0 aliphatic rings. The van der Waals surface area contributed by atoms with Crippen LogP contribution in [-0.2, 0) is 13.1 Å². The van der Waals surface area contributed by atoms with Crippen LogP contribution >= 0.6 is 11.3 Å². The first kappa shape index (κ1) is 14.7. The molecule has 0 unspecified atom stereocenters. The molecule has 0 bridgehead atoms. The number of hydrogen-bond donors (Lipinski definition) is 1. The second kappa shape index (κ2) is 6.63. The van der Waals surface area contributed by atoms with Crippen LogP contribution in [0.4, 0.5) is 0 Å². The number of hydrogen-bond acceptors (Lipinski definition) is 4. The van der Waals surface area contributed by atoms with Crippen molar-refractivity contribution in [1.82, 2.24) is 9.88 Å². The summed E-state index contributed by atoms with van der Waals surface area (Å²) in [6, 6.07) is 8.11. The predicted molar refractivity (Wildman–Crippen MR) is 81.6 cm³/mol. The highest BCUT2D eigenvalue weighted by atomic mass is 32.1. The predicted octanol–water partition coefficient (Wildman–Crippen LogP) is 2.57. The number of carbonyl (C=O) groups is 1. The third-order valence-electron chi connectivity index (χ3n) is 3.24. The highest BCUT2D eigenvalue weighted by Crippen LogP contribution is 2.15. The van der Waals surface area contributed by atoms with Gasteiger partial charge in [-0.15, -0.1) is 11.3 Å². The minimum absolute atomic E-state index is 0.0355. The van der Waals surface area contributed by atoms with Gasteiger partial charge < -0.3 is 10.6 Å². The smallest absolute Gasteiger partial charge is 0.273 e. The van der Waals surface area contributed by atoms with Crippen molar-refractivity contribution >= 4 is 17.2 Å². The van der Waals surface area contributed by atoms with Gasteiger partial charge in [0, 0.05) is 25.0 Å². The Hall–Kier alpha value is -1.72. The number of benzene rings is 1. The van der Waals surface area contributed by atoms with E-state index in [9.17, 15) is 4.79 Å². The summed E-state index contributed by atoms with van der Waals surface area (Å²) in [4.78, 5) is 18.5. The van der Waals surface area contributed by atoms with Crippen LogP contribution in [0.25, 0.3) is 0 Å². The van der Waals surface area contributed by atoms with E-state index in [0.29, 0.717) is 25.3 Å². The van der Waals surface area contributed by atoms with Gasteiger partial charge in [0.25, 0.3) is 5.91 Å². The van der Waals surface area contributed by atoms with Crippen molar-refractivity contribution in [3.63, 3.8) is 0 Å². The fraction of sp³-hybridized carbons (Fsp3) is 0.333. The first-order chi connectivity index (χ1) is 9.65. The molecule has 0 saturated carbocycles. The van der Waals surface area contributed by atoms with Crippen LogP contribution < -0.4 is 5.73 Å². The molecule has 0 aliphatic heterocycles. The van der Waals surface area contributed by atoms with E-state index in [2.05, 4.69) is 24.0 Å². The van der Waals surface area contributed by atoms with E-state index >= 15 is 0 Å². The zero-order chi connectivity index (χ0) is 14.5. The lowest BCUT2D eigenvalue weighted by molar-refractivity contribution is 0.0747. The number of thiazole rings is 1. The maximum absolute atomic E-state index is 12.5. The van der Waals surface area contributed by atoms with E-state index in [0.717, 1.165) is 10.6 Å². The molecule has 0 aliphatic carbocycles. The molecule has 4 nitrogen and oxygen atoms in total. The van der Waals surface area contributed by atoms with Gasteiger partial charge in [0.1, 0.15) is 10.7 Å². The van der Waals surface area contributed by atoms with E-state index in [4.69, 9.17) is 5.73 Å². The van der Waals surface area contributed by atoms with Gasteiger partial charge in [0.05, 0.1) is 0 Å². The van der Waals surface area contributed by atoms with Gasteiger partial charge >= 0.3 is 0 Å². The van der Waals surface area contributed by atoms with Crippen molar-refractivity contribution in [2.75, 3.05) is 6.54 Å². The summed E-state index contributed by atoms with van der Waals surface area (Å²) in [7, 11) is 0. The van der Waals surface area contributed by atoms with Crippen molar-refractivity contribution in [2.45, 2.75) is 26.9 Å². The molecular formula is C15H19N3OS. The number of aromatic nitrogens is 1. The molecule has 2 aromatic rings. The fourth-order valence-electron chi connectivity index (χ4n) is 1.99. The van der Waals surface area contributed by atoms with Crippen LogP contribution in [-0.4, -0.2) is 22.3 Å². The van der Waals surface area contributed by atoms with Crippen molar-refractivity contribution in [1.29, 1.82) is 0 Å². The van der Waals surface area contributed by atoms with Crippen LogP contribution in [0, 0.1) is 6.92 Å². The van der Waals surface area contributed by atoms with E-state index in [1.807, 2.05) is 19.1 Å². The summed E-state index contributed by atoms with van der Waals surface area (Å²) < 4.78 is 0. The third kappa shape index (κ3) is 3.23. The van der Waals surface area contributed by atoms with Gasteiger partial charge in [-0.3, -0.25) is 4.79 Å². The maximum atomic E-state index is 12.5. The summed E-state index contributed by atoms with van der Waals surface area (Å²) >= 11 is 1.43. The number of carbonyl (C=O) groups excluding carboxylic acids is 1. The Bertz CT molecular complexity index is 594. The van der Waals surface area contributed by atoms with Crippen LogP contribution in [0.5, 0.6) is 0 Å². The summed E-state index contributed by atoms with van der Waals surface area (Å²) in [5.74, 6) is -0.0355. The molecule has 1 heterocycles. The molecule has 1 aromatic carbocycles. The van der Waals surface area contributed by atoms with Gasteiger partial charge in [-0.05, 0) is 25.0 Å². The Morgan fingerprint density at radius 3 is 2.75 bits per heavy atom. The second-order valence-corrected chi connectivity index (χ2v) is 5.52. The molecule has 2 N–H and O–H groups in total. The topological polar surface area (TPSA) is 59.2 Å². The second-order valence-electron chi connectivity index (χ2n) is 4.58. The molecule has 0 fully saturated rings. The Balaban J connectivity index is 2.15.